The average Bonchev–Trinajstić information content (AvgIpc) is 2.76. The number of hydrogen-bond acceptors (Lipinski definition) is 7. The molecule has 1 aliphatic heterocycles. The van der Waals surface area contributed by atoms with Crippen molar-refractivity contribution in [2.45, 2.75) is 25.7 Å². The second-order valence-corrected chi connectivity index (χ2v) is 4.97. The van der Waals surface area contributed by atoms with Crippen LogP contribution < -0.4 is 10.2 Å². The SMILES string of the molecule is COCCNc1ncnc(N2CCCCCC2)c1[N+](=O)[O-]. The van der Waals surface area contributed by atoms with Gasteiger partial charge < -0.3 is 15.0 Å². The second kappa shape index (κ2) is 7.72. The third-order valence-corrected chi connectivity index (χ3v) is 3.49. The number of aromatic nitrogens is 2. The van der Waals surface area contributed by atoms with Crippen molar-refractivity contribution in [3.05, 3.63) is 16.4 Å². The molecule has 1 saturated heterocycles. The zero-order valence-electron chi connectivity index (χ0n) is 12.2. The Bertz CT molecular complexity index is 475. The Labute approximate surface area is 123 Å². The van der Waals surface area contributed by atoms with E-state index >= 15 is 0 Å². The molecule has 0 aromatic carbocycles. The summed E-state index contributed by atoms with van der Waals surface area (Å²) >= 11 is 0. The van der Waals surface area contributed by atoms with Crippen LogP contribution >= 0.6 is 0 Å². The summed E-state index contributed by atoms with van der Waals surface area (Å²) in [7, 11) is 1.58. The minimum absolute atomic E-state index is 0.0458. The van der Waals surface area contributed by atoms with E-state index in [4.69, 9.17) is 4.74 Å². The molecule has 0 saturated carbocycles. The van der Waals surface area contributed by atoms with E-state index in [1.54, 1.807) is 7.11 Å². The van der Waals surface area contributed by atoms with Crippen LogP contribution in [0.15, 0.2) is 6.33 Å². The number of ether oxygens (including phenoxy) is 1. The summed E-state index contributed by atoms with van der Waals surface area (Å²) in [6.45, 7) is 2.53. The molecule has 0 atom stereocenters. The van der Waals surface area contributed by atoms with Crippen LogP contribution in [0.3, 0.4) is 0 Å². The highest BCUT2D eigenvalue weighted by Crippen LogP contribution is 2.32. The van der Waals surface area contributed by atoms with Crippen LogP contribution in [-0.2, 0) is 4.74 Å². The van der Waals surface area contributed by atoms with Gasteiger partial charge in [-0.05, 0) is 12.8 Å². The van der Waals surface area contributed by atoms with Crippen molar-refractivity contribution < 1.29 is 9.66 Å². The van der Waals surface area contributed by atoms with Gasteiger partial charge in [0.2, 0.25) is 11.6 Å². The first kappa shape index (κ1) is 15.4. The molecule has 0 bridgehead atoms. The van der Waals surface area contributed by atoms with E-state index in [9.17, 15) is 10.1 Å². The number of rotatable bonds is 6. The number of nitro groups is 1. The average molecular weight is 295 g/mol. The smallest absolute Gasteiger partial charge is 0.353 e. The van der Waals surface area contributed by atoms with Crippen LogP contribution in [0.4, 0.5) is 17.3 Å². The molecule has 2 heterocycles. The third kappa shape index (κ3) is 4.01. The maximum absolute atomic E-state index is 11.4. The number of methoxy groups -OCH3 is 1. The fourth-order valence-electron chi connectivity index (χ4n) is 2.45. The van der Waals surface area contributed by atoms with Gasteiger partial charge in [0.15, 0.2) is 0 Å². The van der Waals surface area contributed by atoms with E-state index in [0.29, 0.717) is 19.0 Å². The standard InChI is InChI=1S/C13H21N5O3/c1-21-9-6-14-12-11(18(19)20)13(16-10-15-12)17-7-4-2-3-5-8-17/h10H,2-9H2,1H3,(H,14,15,16). The molecular formula is C13H21N5O3. The van der Waals surface area contributed by atoms with Gasteiger partial charge in [0.25, 0.3) is 0 Å². The fourth-order valence-corrected chi connectivity index (χ4v) is 2.45. The quantitative estimate of drug-likeness (QED) is 0.486. The Balaban J connectivity index is 2.26. The van der Waals surface area contributed by atoms with E-state index in [1.807, 2.05) is 4.90 Å². The molecule has 0 unspecified atom stereocenters. The molecule has 0 spiro atoms. The Kier molecular flexibility index (Phi) is 5.68. The third-order valence-electron chi connectivity index (χ3n) is 3.49. The number of nitrogens with zero attached hydrogens (tertiary/aromatic N) is 4. The van der Waals surface area contributed by atoms with Gasteiger partial charge in [0.05, 0.1) is 11.5 Å². The molecule has 21 heavy (non-hydrogen) atoms. The van der Waals surface area contributed by atoms with Crippen molar-refractivity contribution in [3.63, 3.8) is 0 Å². The summed E-state index contributed by atoms with van der Waals surface area (Å²) in [5, 5.41) is 14.4. The molecule has 1 N–H and O–H groups in total. The molecule has 0 aliphatic carbocycles. The summed E-state index contributed by atoms with van der Waals surface area (Å²) in [6, 6.07) is 0. The van der Waals surface area contributed by atoms with E-state index in [2.05, 4.69) is 15.3 Å². The first-order valence-electron chi connectivity index (χ1n) is 7.21. The lowest BCUT2D eigenvalue weighted by molar-refractivity contribution is -0.383. The highest BCUT2D eigenvalue weighted by molar-refractivity contribution is 5.70. The van der Waals surface area contributed by atoms with Crippen molar-refractivity contribution in [2.75, 3.05) is 43.6 Å². The molecule has 1 aromatic heterocycles. The largest absolute Gasteiger partial charge is 0.383 e. The lowest BCUT2D eigenvalue weighted by atomic mass is 10.2. The molecule has 2 rings (SSSR count). The summed E-state index contributed by atoms with van der Waals surface area (Å²) < 4.78 is 4.94. The zero-order chi connectivity index (χ0) is 15.1. The Morgan fingerprint density at radius 3 is 2.67 bits per heavy atom. The first-order valence-corrected chi connectivity index (χ1v) is 7.21. The Hall–Kier alpha value is -1.96. The summed E-state index contributed by atoms with van der Waals surface area (Å²) in [5.41, 5.74) is -0.0458. The lowest BCUT2D eigenvalue weighted by Crippen LogP contribution is -2.26. The molecule has 1 fully saturated rings. The normalized spacial score (nSPS) is 15.6. The molecule has 1 aliphatic rings. The predicted octanol–water partition coefficient (Wildman–Crippen LogP) is 1.82. The van der Waals surface area contributed by atoms with Gasteiger partial charge in [-0.25, -0.2) is 9.97 Å². The van der Waals surface area contributed by atoms with Crippen molar-refractivity contribution >= 4 is 17.3 Å². The van der Waals surface area contributed by atoms with Gasteiger partial charge in [-0.1, -0.05) is 12.8 Å². The maximum atomic E-state index is 11.4. The molecule has 8 heteroatoms. The van der Waals surface area contributed by atoms with E-state index in [-0.39, 0.29) is 11.5 Å². The Morgan fingerprint density at radius 1 is 1.33 bits per heavy atom. The second-order valence-electron chi connectivity index (χ2n) is 4.97. The van der Waals surface area contributed by atoms with Gasteiger partial charge in [-0.2, -0.15) is 0 Å². The van der Waals surface area contributed by atoms with Crippen LogP contribution in [0, 0.1) is 10.1 Å². The molecular weight excluding hydrogens is 274 g/mol. The molecule has 1 aromatic rings. The summed E-state index contributed by atoms with van der Waals surface area (Å²) in [4.78, 5) is 21.2. The monoisotopic (exact) mass is 295 g/mol. The maximum Gasteiger partial charge on any atom is 0.353 e. The van der Waals surface area contributed by atoms with Gasteiger partial charge in [-0.3, -0.25) is 10.1 Å². The van der Waals surface area contributed by atoms with Crippen LogP contribution in [-0.4, -0.2) is 48.2 Å². The molecule has 8 nitrogen and oxygen atoms in total. The van der Waals surface area contributed by atoms with Crippen LogP contribution in [0.25, 0.3) is 0 Å². The molecule has 0 amide bonds. The predicted molar refractivity (Wildman–Crippen MR) is 79.7 cm³/mol. The molecule has 0 radical (unpaired) electrons. The Morgan fingerprint density at radius 2 is 2.05 bits per heavy atom. The number of nitrogens with one attached hydrogen (secondary N) is 1. The van der Waals surface area contributed by atoms with Crippen LogP contribution in [0.5, 0.6) is 0 Å². The van der Waals surface area contributed by atoms with Crippen molar-refractivity contribution in [2.24, 2.45) is 0 Å². The first-order chi connectivity index (χ1) is 10.2. The minimum atomic E-state index is -0.407. The highest BCUT2D eigenvalue weighted by Gasteiger charge is 2.27. The minimum Gasteiger partial charge on any atom is -0.383 e. The van der Waals surface area contributed by atoms with E-state index in [0.717, 1.165) is 38.8 Å². The van der Waals surface area contributed by atoms with Gasteiger partial charge in [0, 0.05) is 26.7 Å². The van der Waals surface area contributed by atoms with Crippen LogP contribution in [0.2, 0.25) is 0 Å². The van der Waals surface area contributed by atoms with Gasteiger partial charge >= 0.3 is 5.69 Å². The van der Waals surface area contributed by atoms with Crippen LogP contribution in [0.1, 0.15) is 25.7 Å². The number of hydrogen-bond donors (Lipinski definition) is 1. The molecule has 116 valence electrons. The van der Waals surface area contributed by atoms with Crippen molar-refractivity contribution in [3.8, 4) is 0 Å². The van der Waals surface area contributed by atoms with Crippen molar-refractivity contribution in [1.82, 2.24) is 9.97 Å². The summed E-state index contributed by atoms with van der Waals surface area (Å²) in [6.07, 6.45) is 5.77. The number of anilines is 2. The summed E-state index contributed by atoms with van der Waals surface area (Å²) in [5.74, 6) is 0.670. The topological polar surface area (TPSA) is 93.4 Å². The van der Waals surface area contributed by atoms with Gasteiger partial charge in [-0.15, -0.1) is 0 Å². The highest BCUT2D eigenvalue weighted by atomic mass is 16.6. The zero-order valence-corrected chi connectivity index (χ0v) is 12.2. The fraction of sp³-hybridized carbons (Fsp3) is 0.692. The van der Waals surface area contributed by atoms with Gasteiger partial charge in [0.1, 0.15) is 6.33 Å². The van der Waals surface area contributed by atoms with E-state index in [1.165, 1.54) is 6.33 Å². The van der Waals surface area contributed by atoms with Crippen molar-refractivity contribution in [1.29, 1.82) is 0 Å². The van der Waals surface area contributed by atoms with E-state index < -0.39 is 4.92 Å². The lowest BCUT2D eigenvalue weighted by Gasteiger charge is -2.21.